The van der Waals surface area contributed by atoms with E-state index in [-0.39, 0.29) is 4.91 Å². The van der Waals surface area contributed by atoms with Crippen LogP contribution in [0.4, 0.5) is 0 Å². The van der Waals surface area contributed by atoms with Crippen LogP contribution in [0.25, 0.3) is 17.5 Å². The van der Waals surface area contributed by atoms with Gasteiger partial charge in [0, 0.05) is 22.7 Å². The van der Waals surface area contributed by atoms with Crippen molar-refractivity contribution >= 4 is 35.4 Å². The maximum Gasteiger partial charge on any atom is 0.342 e. The zero-order valence-corrected chi connectivity index (χ0v) is 20.0. The molecule has 0 aliphatic carbocycles. The van der Waals surface area contributed by atoms with Gasteiger partial charge in [0.1, 0.15) is 17.3 Å². The Bertz CT molecular complexity index is 1300. The normalized spacial score (nSPS) is 11.4. The van der Waals surface area contributed by atoms with E-state index in [2.05, 4.69) is 10.2 Å². The first-order valence-electron chi connectivity index (χ1n) is 10.6. The minimum atomic E-state index is -1.05. The Labute approximate surface area is 206 Å². The zero-order valence-electron chi connectivity index (χ0n) is 18.4. The van der Waals surface area contributed by atoms with Crippen molar-refractivity contribution in [2.24, 2.45) is 0 Å². The second kappa shape index (κ2) is 11.0. The lowest BCUT2D eigenvalue weighted by atomic mass is 10.2. The predicted octanol–water partition coefficient (Wildman–Crippen LogP) is 6.42. The number of aromatic nitrogens is 3. The Morgan fingerprint density at radius 1 is 1.03 bits per heavy atom. The summed E-state index contributed by atoms with van der Waals surface area (Å²) >= 11 is 7.05. The summed E-state index contributed by atoms with van der Waals surface area (Å²) in [4.78, 5) is 12.2. The van der Waals surface area contributed by atoms with Crippen LogP contribution in [0.1, 0.15) is 18.1 Å². The number of carboxylic acids is 1. The van der Waals surface area contributed by atoms with Crippen LogP contribution in [-0.4, -0.2) is 25.8 Å². The summed E-state index contributed by atoms with van der Waals surface area (Å²) in [5, 5.41) is 19.6. The van der Waals surface area contributed by atoms with Crippen molar-refractivity contribution in [1.29, 1.82) is 0 Å². The molecule has 0 spiro atoms. The molecule has 1 N–H and O–H groups in total. The molecule has 0 amide bonds. The molecule has 172 valence electrons. The summed E-state index contributed by atoms with van der Waals surface area (Å²) in [5.41, 5.74) is 2.55. The van der Waals surface area contributed by atoms with E-state index >= 15 is 0 Å². The smallest absolute Gasteiger partial charge is 0.342 e. The van der Waals surface area contributed by atoms with Gasteiger partial charge in [0.15, 0.2) is 11.0 Å². The Kier molecular flexibility index (Phi) is 7.67. The lowest BCUT2D eigenvalue weighted by molar-refractivity contribution is -0.131. The fourth-order valence-electron chi connectivity index (χ4n) is 3.30. The summed E-state index contributed by atoms with van der Waals surface area (Å²) in [6.45, 7) is 2.93. The highest BCUT2D eigenvalue weighted by molar-refractivity contribution is 8.04. The monoisotopic (exact) mass is 491 g/mol. The largest absolute Gasteiger partial charge is 0.488 e. The van der Waals surface area contributed by atoms with E-state index in [1.54, 1.807) is 18.2 Å². The first-order chi connectivity index (χ1) is 16.5. The van der Waals surface area contributed by atoms with Crippen LogP contribution in [-0.2, 0) is 17.9 Å². The molecule has 1 aromatic heterocycles. The number of rotatable bonds is 9. The molecule has 3 aromatic carbocycles. The number of thioether (sulfide) groups is 1. The summed E-state index contributed by atoms with van der Waals surface area (Å²) in [6, 6.07) is 24.5. The maximum atomic E-state index is 12.1. The molecule has 34 heavy (non-hydrogen) atoms. The van der Waals surface area contributed by atoms with Crippen LogP contribution in [0.15, 0.2) is 88.9 Å². The summed E-state index contributed by atoms with van der Waals surface area (Å²) < 4.78 is 7.86. The molecule has 1 heterocycles. The standard InChI is InChI=1S/C26H22ClN3O3S/c1-2-30-24(19-12-14-21(27)15-13-19)28-29-26(30)34-23(25(31)32)16-20-10-6-7-11-22(20)33-17-18-8-4-3-5-9-18/h3-16H,2,17H2,1H3,(H,31,32)/b23-16-. The molecule has 0 saturated carbocycles. The van der Waals surface area contributed by atoms with E-state index in [0.29, 0.717) is 40.5 Å². The van der Waals surface area contributed by atoms with Crippen molar-refractivity contribution in [2.45, 2.75) is 25.2 Å². The number of aliphatic carboxylic acids is 1. The van der Waals surface area contributed by atoms with Crippen molar-refractivity contribution in [3.8, 4) is 17.1 Å². The Balaban J connectivity index is 1.61. The number of carboxylic acid groups (broad SMARTS) is 1. The van der Waals surface area contributed by atoms with Crippen LogP contribution in [0.5, 0.6) is 5.75 Å². The van der Waals surface area contributed by atoms with Crippen molar-refractivity contribution in [2.75, 3.05) is 0 Å². The molecule has 0 radical (unpaired) electrons. The highest BCUT2D eigenvalue weighted by Crippen LogP contribution is 2.32. The summed E-state index contributed by atoms with van der Waals surface area (Å²) in [7, 11) is 0. The molecular weight excluding hydrogens is 470 g/mol. The number of carbonyl (C=O) groups is 1. The van der Waals surface area contributed by atoms with Crippen LogP contribution < -0.4 is 4.74 Å². The van der Waals surface area contributed by atoms with Crippen LogP contribution in [0.2, 0.25) is 5.02 Å². The van der Waals surface area contributed by atoms with Gasteiger partial charge in [-0.05, 0) is 60.7 Å². The third kappa shape index (κ3) is 5.68. The molecule has 0 saturated heterocycles. The van der Waals surface area contributed by atoms with Gasteiger partial charge in [-0.25, -0.2) is 4.79 Å². The Morgan fingerprint density at radius 2 is 1.74 bits per heavy atom. The third-order valence-electron chi connectivity index (χ3n) is 4.99. The Hall–Kier alpha value is -3.55. The van der Waals surface area contributed by atoms with Crippen LogP contribution in [0, 0.1) is 0 Å². The van der Waals surface area contributed by atoms with Crippen molar-refractivity contribution < 1.29 is 14.6 Å². The van der Waals surface area contributed by atoms with Gasteiger partial charge >= 0.3 is 5.97 Å². The van der Waals surface area contributed by atoms with Gasteiger partial charge < -0.3 is 14.4 Å². The molecule has 0 atom stereocenters. The lowest BCUT2D eigenvalue weighted by Crippen LogP contribution is -2.03. The number of hydrogen-bond acceptors (Lipinski definition) is 5. The van der Waals surface area contributed by atoms with Crippen molar-refractivity contribution in [3.63, 3.8) is 0 Å². The lowest BCUT2D eigenvalue weighted by Gasteiger charge is -2.11. The molecule has 4 aromatic rings. The van der Waals surface area contributed by atoms with Crippen LogP contribution >= 0.6 is 23.4 Å². The SMILES string of the molecule is CCn1c(S/C(=C\c2ccccc2OCc2ccccc2)C(=O)O)nnc1-c1ccc(Cl)cc1. The highest BCUT2D eigenvalue weighted by atomic mass is 35.5. The first-order valence-corrected chi connectivity index (χ1v) is 11.8. The molecule has 0 bridgehead atoms. The van der Waals surface area contributed by atoms with Gasteiger partial charge in [-0.1, -0.05) is 60.1 Å². The second-order valence-electron chi connectivity index (χ2n) is 7.29. The van der Waals surface area contributed by atoms with Gasteiger partial charge in [0.25, 0.3) is 0 Å². The molecule has 4 rings (SSSR count). The number of halogens is 1. The third-order valence-corrected chi connectivity index (χ3v) is 6.24. The van der Waals surface area contributed by atoms with Crippen molar-refractivity contribution in [3.05, 3.63) is 99.9 Å². The minimum Gasteiger partial charge on any atom is -0.488 e. The number of hydrogen-bond donors (Lipinski definition) is 1. The average Bonchev–Trinajstić information content (AvgIpc) is 3.26. The fraction of sp³-hybridized carbons (Fsp3) is 0.115. The van der Waals surface area contributed by atoms with Gasteiger partial charge in [-0.15, -0.1) is 10.2 Å². The molecule has 0 fully saturated rings. The summed E-state index contributed by atoms with van der Waals surface area (Å²) in [6.07, 6.45) is 1.60. The number of nitrogens with zero attached hydrogens (tertiary/aromatic N) is 3. The molecule has 0 aliphatic heterocycles. The van der Waals surface area contributed by atoms with Crippen molar-refractivity contribution in [1.82, 2.24) is 14.8 Å². The molecule has 0 unspecified atom stereocenters. The van der Waals surface area contributed by atoms with Crippen LogP contribution in [0.3, 0.4) is 0 Å². The van der Waals surface area contributed by atoms with E-state index in [1.807, 2.05) is 78.2 Å². The van der Waals surface area contributed by atoms with E-state index in [0.717, 1.165) is 22.9 Å². The zero-order chi connectivity index (χ0) is 23.9. The minimum absolute atomic E-state index is 0.112. The van der Waals surface area contributed by atoms with E-state index in [9.17, 15) is 9.90 Å². The topological polar surface area (TPSA) is 77.2 Å². The predicted molar refractivity (Wildman–Crippen MR) is 135 cm³/mol. The number of ether oxygens (including phenoxy) is 1. The van der Waals surface area contributed by atoms with Gasteiger partial charge in [-0.3, -0.25) is 0 Å². The molecule has 0 aliphatic rings. The van der Waals surface area contributed by atoms with Gasteiger partial charge in [-0.2, -0.15) is 0 Å². The summed E-state index contributed by atoms with van der Waals surface area (Å²) in [5.74, 6) is 0.198. The number of para-hydroxylation sites is 1. The van der Waals surface area contributed by atoms with E-state index < -0.39 is 5.97 Å². The average molecular weight is 492 g/mol. The second-order valence-corrected chi connectivity index (χ2v) is 8.73. The maximum absolute atomic E-state index is 12.1. The molecule has 8 heteroatoms. The van der Waals surface area contributed by atoms with E-state index in [4.69, 9.17) is 16.3 Å². The fourth-order valence-corrected chi connectivity index (χ4v) is 4.31. The van der Waals surface area contributed by atoms with E-state index in [1.165, 1.54) is 0 Å². The van der Waals surface area contributed by atoms with Gasteiger partial charge in [0.05, 0.1) is 0 Å². The quantitative estimate of drug-likeness (QED) is 0.215. The molecular formula is C26H22ClN3O3S. The van der Waals surface area contributed by atoms with Gasteiger partial charge in [0.2, 0.25) is 0 Å². The Morgan fingerprint density at radius 3 is 2.44 bits per heavy atom. The molecule has 6 nitrogen and oxygen atoms in total. The highest BCUT2D eigenvalue weighted by Gasteiger charge is 2.19. The first kappa shape index (κ1) is 23.6. The number of benzene rings is 3.